The molecule has 0 saturated heterocycles. The summed E-state index contributed by atoms with van der Waals surface area (Å²) >= 11 is 0. The number of allylic oxidation sites excluding steroid dienone is 1. The van der Waals surface area contributed by atoms with E-state index in [4.69, 9.17) is 0 Å². The highest BCUT2D eigenvalue weighted by molar-refractivity contribution is 6.41. The first-order valence-corrected chi connectivity index (χ1v) is 12.5. The van der Waals surface area contributed by atoms with Crippen LogP contribution in [0.2, 0.25) is 0 Å². The Kier molecular flexibility index (Phi) is 5.25. The SMILES string of the molecule is Cc1cc(N2c3ccccc3C(C)(C)c3ccccc32)c(C)cc1C=C1C(=O)c2cc(F)c(F)cc2C1=O. The molecule has 0 N–H and O–H groups in total. The number of Topliss-reactive ketones (excluding diaryl/α,β-unsaturated/α-hetero) is 2. The molecule has 0 fully saturated rings. The molecular weight excluding hydrogens is 480 g/mol. The fourth-order valence-electron chi connectivity index (χ4n) is 5.75. The number of fused-ring (bicyclic) bond motifs is 3. The number of para-hydroxylation sites is 2. The number of halogens is 2. The van der Waals surface area contributed by atoms with Gasteiger partial charge >= 0.3 is 0 Å². The van der Waals surface area contributed by atoms with Gasteiger partial charge in [0.05, 0.1) is 16.9 Å². The monoisotopic (exact) mass is 505 g/mol. The van der Waals surface area contributed by atoms with Crippen LogP contribution in [0.4, 0.5) is 25.8 Å². The second-order valence-electron chi connectivity index (χ2n) is 10.5. The van der Waals surface area contributed by atoms with Gasteiger partial charge in [0.15, 0.2) is 23.2 Å². The Morgan fingerprint density at radius 2 is 1.18 bits per heavy atom. The second kappa shape index (κ2) is 8.32. The summed E-state index contributed by atoms with van der Waals surface area (Å²) in [6, 6.07) is 22.4. The first-order chi connectivity index (χ1) is 18.1. The molecule has 0 saturated carbocycles. The third-order valence-corrected chi connectivity index (χ3v) is 7.80. The van der Waals surface area contributed by atoms with E-state index in [2.05, 4.69) is 61.2 Å². The van der Waals surface area contributed by atoms with E-state index >= 15 is 0 Å². The number of carbonyl (C=O) groups excluding carboxylic acids is 2. The van der Waals surface area contributed by atoms with Crippen molar-refractivity contribution in [3.8, 4) is 0 Å². The third kappa shape index (κ3) is 3.38. The highest BCUT2D eigenvalue weighted by atomic mass is 19.2. The molecular formula is C33H25F2NO2. The zero-order chi connectivity index (χ0) is 26.9. The third-order valence-electron chi connectivity index (χ3n) is 7.80. The van der Waals surface area contributed by atoms with Crippen molar-refractivity contribution in [2.24, 2.45) is 0 Å². The molecule has 5 heteroatoms. The average Bonchev–Trinajstić information content (AvgIpc) is 3.11. The van der Waals surface area contributed by atoms with Gasteiger partial charge < -0.3 is 4.90 Å². The number of hydrogen-bond donors (Lipinski definition) is 0. The van der Waals surface area contributed by atoms with Crippen LogP contribution in [0.1, 0.15) is 62.4 Å². The molecule has 0 aromatic heterocycles. The first-order valence-electron chi connectivity index (χ1n) is 12.5. The minimum atomic E-state index is -1.15. The molecule has 3 nitrogen and oxygen atoms in total. The molecule has 0 spiro atoms. The molecule has 0 atom stereocenters. The Hall–Kier alpha value is -4.38. The van der Waals surface area contributed by atoms with E-state index in [1.54, 1.807) is 0 Å². The van der Waals surface area contributed by atoms with Gasteiger partial charge in [-0.15, -0.1) is 0 Å². The normalized spacial score (nSPS) is 15.3. The maximum atomic E-state index is 13.8. The smallest absolute Gasteiger partial charge is 0.197 e. The standard InChI is InChI=1S/C33H25F2NO2/c1-18-14-30(36-28-11-7-5-9-24(28)33(3,4)25-10-6-8-12-29(25)36)19(2)13-20(18)15-23-31(37)21-16-26(34)27(35)17-22(21)32(23)38/h5-17H,1-4H3. The minimum absolute atomic E-state index is 0.0873. The van der Waals surface area contributed by atoms with E-state index in [-0.39, 0.29) is 22.1 Å². The van der Waals surface area contributed by atoms with Crippen LogP contribution in [-0.4, -0.2) is 11.6 Å². The van der Waals surface area contributed by atoms with Gasteiger partial charge in [0.25, 0.3) is 0 Å². The lowest BCUT2D eigenvalue weighted by molar-refractivity contribution is 0.0990. The summed E-state index contributed by atoms with van der Waals surface area (Å²) in [5.74, 6) is -3.47. The summed E-state index contributed by atoms with van der Waals surface area (Å²) in [6.45, 7) is 8.40. The van der Waals surface area contributed by atoms with Gasteiger partial charge in [0.2, 0.25) is 0 Å². The van der Waals surface area contributed by atoms with E-state index in [9.17, 15) is 18.4 Å². The van der Waals surface area contributed by atoms with Crippen molar-refractivity contribution in [2.75, 3.05) is 4.90 Å². The predicted molar refractivity (Wildman–Crippen MR) is 146 cm³/mol. The molecule has 0 unspecified atom stereocenters. The van der Waals surface area contributed by atoms with Gasteiger partial charge in [-0.25, -0.2) is 8.78 Å². The number of nitrogens with zero attached hydrogens (tertiary/aromatic N) is 1. The molecule has 38 heavy (non-hydrogen) atoms. The summed E-state index contributed by atoms with van der Waals surface area (Å²) < 4.78 is 27.5. The highest BCUT2D eigenvalue weighted by Gasteiger charge is 2.37. The fraction of sp³-hybridized carbons (Fsp3) is 0.152. The molecule has 0 amide bonds. The lowest BCUT2D eigenvalue weighted by Crippen LogP contribution is -2.30. The highest BCUT2D eigenvalue weighted by Crippen LogP contribution is 2.52. The number of anilines is 3. The maximum absolute atomic E-state index is 13.8. The van der Waals surface area contributed by atoms with E-state index in [1.807, 2.05) is 32.0 Å². The number of benzene rings is 4. The Morgan fingerprint density at radius 3 is 1.71 bits per heavy atom. The van der Waals surface area contributed by atoms with Crippen LogP contribution in [-0.2, 0) is 5.41 Å². The molecule has 188 valence electrons. The van der Waals surface area contributed by atoms with Crippen molar-refractivity contribution >= 4 is 34.7 Å². The lowest BCUT2D eigenvalue weighted by atomic mass is 9.73. The first kappa shape index (κ1) is 24.0. The van der Waals surface area contributed by atoms with Crippen LogP contribution in [0.25, 0.3) is 6.08 Å². The molecule has 4 aromatic carbocycles. The molecule has 1 aliphatic carbocycles. The Balaban J connectivity index is 1.48. The predicted octanol–water partition coefficient (Wildman–Crippen LogP) is 8.15. The van der Waals surface area contributed by atoms with E-state index in [1.165, 1.54) is 17.2 Å². The average molecular weight is 506 g/mol. The molecule has 2 aliphatic rings. The molecule has 1 heterocycles. The van der Waals surface area contributed by atoms with E-state index < -0.39 is 23.2 Å². The zero-order valence-electron chi connectivity index (χ0n) is 21.5. The molecule has 6 rings (SSSR count). The molecule has 1 aliphatic heterocycles. The summed E-state index contributed by atoms with van der Waals surface area (Å²) in [5.41, 5.74) is 7.71. The molecule has 4 aromatic rings. The van der Waals surface area contributed by atoms with E-state index in [0.717, 1.165) is 40.3 Å². The van der Waals surface area contributed by atoms with Crippen molar-refractivity contribution in [1.82, 2.24) is 0 Å². The number of rotatable bonds is 2. The van der Waals surface area contributed by atoms with Crippen molar-refractivity contribution < 1.29 is 18.4 Å². The summed E-state index contributed by atoms with van der Waals surface area (Å²) in [5, 5.41) is 0. The van der Waals surface area contributed by atoms with Gasteiger partial charge in [-0.2, -0.15) is 0 Å². The number of carbonyl (C=O) groups is 2. The quantitative estimate of drug-likeness (QED) is 0.204. The fourth-order valence-corrected chi connectivity index (χ4v) is 5.75. The van der Waals surface area contributed by atoms with Crippen LogP contribution in [0.5, 0.6) is 0 Å². The van der Waals surface area contributed by atoms with E-state index in [0.29, 0.717) is 5.56 Å². The van der Waals surface area contributed by atoms with Crippen molar-refractivity contribution in [3.63, 3.8) is 0 Å². The van der Waals surface area contributed by atoms with Crippen molar-refractivity contribution in [1.29, 1.82) is 0 Å². The van der Waals surface area contributed by atoms with Gasteiger partial charge in [-0.1, -0.05) is 50.2 Å². The lowest BCUT2D eigenvalue weighted by Gasteiger charge is -2.42. The van der Waals surface area contributed by atoms with Crippen LogP contribution in [0.3, 0.4) is 0 Å². The van der Waals surface area contributed by atoms with Crippen molar-refractivity contribution in [3.05, 3.63) is 129 Å². The van der Waals surface area contributed by atoms with Gasteiger partial charge in [0.1, 0.15) is 0 Å². The summed E-state index contributed by atoms with van der Waals surface area (Å²) in [6.07, 6.45) is 1.54. The molecule has 0 bridgehead atoms. The largest absolute Gasteiger partial charge is 0.310 e. The summed E-state index contributed by atoms with van der Waals surface area (Å²) in [4.78, 5) is 28.1. The van der Waals surface area contributed by atoms with Crippen LogP contribution < -0.4 is 4.90 Å². The Labute approximate surface area is 220 Å². The Morgan fingerprint density at radius 1 is 0.684 bits per heavy atom. The van der Waals surface area contributed by atoms with Gasteiger partial charge in [0, 0.05) is 22.2 Å². The second-order valence-corrected chi connectivity index (χ2v) is 10.5. The van der Waals surface area contributed by atoms with Gasteiger partial charge in [-0.3, -0.25) is 9.59 Å². The van der Waals surface area contributed by atoms with Crippen molar-refractivity contribution in [2.45, 2.75) is 33.1 Å². The molecule has 0 radical (unpaired) electrons. The zero-order valence-corrected chi connectivity index (χ0v) is 21.5. The summed E-state index contributed by atoms with van der Waals surface area (Å²) in [7, 11) is 0. The number of ketones is 2. The maximum Gasteiger partial charge on any atom is 0.197 e. The van der Waals surface area contributed by atoms with Crippen LogP contribution in [0, 0.1) is 25.5 Å². The van der Waals surface area contributed by atoms with Crippen LogP contribution in [0.15, 0.2) is 78.4 Å². The van der Waals surface area contributed by atoms with Crippen LogP contribution >= 0.6 is 0 Å². The van der Waals surface area contributed by atoms with Gasteiger partial charge in [-0.05, 0) is 84.1 Å². The minimum Gasteiger partial charge on any atom is -0.310 e. The topological polar surface area (TPSA) is 37.4 Å². The number of aryl methyl sites for hydroxylation is 2. The number of hydrogen-bond acceptors (Lipinski definition) is 3. The Bertz CT molecular complexity index is 1640.